The quantitative estimate of drug-likeness (QED) is 0.857. The third-order valence-corrected chi connectivity index (χ3v) is 2.35. The summed E-state index contributed by atoms with van der Waals surface area (Å²) in [7, 11) is 0. The van der Waals surface area contributed by atoms with Crippen molar-refractivity contribution < 1.29 is 9.59 Å². The third-order valence-electron chi connectivity index (χ3n) is 2.11. The lowest BCUT2D eigenvalue weighted by atomic mass is 10.1. The van der Waals surface area contributed by atoms with Gasteiger partial charge in [0, 0.05) is 11.9 Å². The average molecular weight is 266 g/mol. The highest BCUT2D eigenvalue weighted by Gasteiger charge is 2.13. The molecule has 0 aliphatic carbocycles. The number of nitriles is 1. The smallest absolute Gasteiger partial charge is 0.240 e. The van der Waals surface area contributed by atoms with E-state index in [0.717, 1.165) is 0 Å². The number of nitrogens with one attached hydrogen (secondary N) is 2. The standard InChI is InChI=1S/C12H12ClN3O2/c1-8(17)15-7-12(18)16-11(6-14)9-3-2-4-10(13)5-9/h2-5,11H,7H2,1H3,(H,15,17)(H,16,18)/t11-/m0/s1. The molecule has 1 atom stereocenters. The first-order chi connectivity index (χ1) is 8.52. The summed E-state index contributed by atoms with van der Waals surface area (Å²) in [5, 5.41) is 14.3. The van der Waals surface area contributed by atoms with Crippen LogP contribution in [0.15, 0.2) is 24.3 Å². The minimum Gasteiger partial charge on any atom is -0.347 e. The number of hydrogen-bond donors (Lipinski definition) is 2. The molecule has 0 unspecified atom stereocenters. The van der Waals surface area contributed by atoms with E-state index in [1.807, 2.05) is 6.07 Å². The Balaban J connectivity index is 2.66. The minimum atomic E-state index is -0.787. The van der Waals surface area contributed by atoms with E-state index in [1.54, 1.807) is 24.3 Å². The second kappa shape index (κ2) is 6.62. The van der Waals surface area contributed by atoms with Crippen molar-refractivity contribution in [2.45, 2.75) is 13.0 Å². The van der Waals surface area contributed by atoms with Crippen molar-refractivity contribution in [2.24, 2.45) is 0 Å². The molecule has 2 N–H and O–H groups in total. The van der Waals surface area contributed by atoms with Crippen molar-refractivity contribution in [3.63, 3.8) is 0 Å². The maximum atomic E-state index is 11.5. The predicted molar refractivity (Wildman–Crippen MR) is 66.6 cm³/mol. The van der Waals surface area contributed by atoms with Crippen LogP contribution >= 0.6 is 11.6 Å². The molecule has 6 heteroatoms. The van der Waals surface area contributed by atoms with Crippen LogP contribution in [0.2, 0.25) is 5.02 Å². The zero-order chi connectivity index (χ0) is 13.5. The maximum absolute atomic E-state index is 11.5. The monoisotopic (exact) mass is 265 g/mol. The van der Waals surface area contributed by atoms with E-state index in [-0.39, 0.29) is 12.5 Å². The van der Waals surface area contributed by atoms with Crippen LogP contribution in [0.25, 0.3) is 0 Å². The number of hydrogen-bond acceptors (Lipinski definition) is 3. The summed E-state index contributed by atoms with van der Waals surface area (Å²) >= 11 is 5.81. The maximum Gasteiger partial charge on any atom is 0.240 e. The summed E-state index contributed by atoms with van der Waals surface area (Å²) in [4.78, 5) is 22.1. The van der Waals surface area contributed by atoms with Crippen LogP contribution in [0.1, 0.15) is 18.5 Å². The average Bonchev–Trinajstić information content (AvgIpc) is 2.33. The van der Waals surface area contributed by atoms with E-state index in [9.17, 15) is 9.59 Å². The molecule has 1 rings (SSSR count). The Morgan fingerprint density at radius 2 is 2.22 bits per heavy atom. The first-order valence-electron chi connectivity index (χ1n) is 5.22. The van der Waals surface area contributed by atoms with Gasteiger partial charge in [-0.05, 0) is 17.7 Å². The summed E-state index contributed by atoms with van der Waals surface area (Å²) in [6.45, 7) is 1.15. The van der Waals surface area contributed by atoms with Gasteiger partial charge in [0.05, 0.1) is 12.6 Å². The van der Waals surface area contributed by atoms with Gasteiger partial charge in [0.2, 0.25) is 11.8 Å². The molecule has 1 aromatic rings. The molecule has 0 saturated carbocycles. The normalized spacial score (nSPS) is 11.2. The summed E-state index contributed by atoms with van der Waals surface area (Å²) in [6.07, 6.45) is 0. The molecule has 1 aromatic carbocycles. The van der Waals surface area contributed by atoms with Gasteiger partial charge in [0.1, 0.15) is 6.04 Å². The highest BCUT2D eigenvalue weighted by molar-refractivity contribution is 6.30. The first-order valence-corrected chi connectivity index (χ1v) is 5.59. The molecule has 0 aromatic heterocycles. The van der Waals surface area contributed by atoms with Gasteiger partial charge in [0.25, 0.3) is 0 Å². The zero-order valence-corrected chi connectivity index (χ0v) is 10.5. The zero-order valence-electron chi connectivity index (χ0n) is 9.74. The van der Waals surface area contributed by atoms with E-state index in [4.69, 9.17) is 16.9 Å². The van der Waals surface area contributed by atoms with Crippen molar-refractivity contribution in [1.82, 2.24) is 10.6 Å². The van der Waals surface area contributed by atoms with Gasteiger partial charge in [-0.3, -0.25) is 9.59 Å². The van der Waals surface area contributed by atoms with Crippen LogP contribution in [0.3, 0.4) is 0 Å². The van der Waals surface area contributed by atoms with E-state index in [2.05, 4.69) is 10.6 Å². The van der Waals surface area contributed by atoms with Gasteiger partial charge in [0.15, 0.2) is 0 Å². The Morgan fingerprint density at radius 3 is 2.78 bits per heavy atom. The van der Waals surface area contributed by atoms with Crippen LogP contribution in [0.4, 0.5) is 0 Å². The highest BCUT2D eigenvalue weighted by atomic mass is 35.5. The lowest BCUT2D eigenvalue weighted by Crippen LogP contribution is -2.37. The number of carbonyl (C=O) groups excluding carboxylic acids is 2. The van der Waals surface area contributed by atoms with Gasteiger partial charge < -0.3 is 10.6 Å². The molecule has 0 spiro atoms. The summed E-state index contributed by atoms with van der Waals surface area (Å²) in [5.41, 5.74) is 0.598. The topological polar surface area (TPSA) is 82.0 Å². The Kier molecular flexibility index (Phi) is 5.15. The number of benzene rings is 1. The van der Waals surface area contributed by atoms with E-state index >= 15 is 0 Å². The fraction of sp³-hybridized carbons (Fsp3) is 0.250. The van der Waals surface area contributed by atoms with Crippen molar-refractivity contribution in [3.05, 3.63) is 34.9 Å². The van der Waals surface area contributed by atoms with Crippen molar-refractivity contribution >= 4 is 23.4 Å². The SMILES string of the molecule is CC(=O)NCC(=O)N[C@@H](C#N)c1cccc(Cl)c1. The number of rotatable bonds is 4. The molecule has 2 amide bonds. The molecule has 0 bridgehead atoms. The number of carbonyl (C=O) groups is 2. The number of halogens is 1. The van der Waals surface area contributed by atoms with Crippen molar-refractivity contribution in [1.29, 1.82) is 5.26 Å². The van der Waals surface area contributed by atoms with E-state index in [1.165, 1.54) is 6.92 Å². The predicted octanol–water partition coefficient (Wildman–Crippen LogP) is 1.16. The van der Waals surface area contributed by atoms with Crippen LogP contribution in [0, 0.1) is 11.3 Å². The molecule has 0 aliphatic rings. The second-order valence-corrected chi connectivity index (χ2v) is 4.03. The lowest BCUT2D eigenvalue weighted by Gasteiger charge is -2.12. The molecular formula is C12H12ClN3O2. The molecule has 0 heterocycles. The number of nitrogens with zero attached hydrogens (tertiary/aromatic N) is 1. The molecule has 0 radical (unpaired) electrons. The van der Waals surface area contributed by atoms with Crippen molar-refractivity contribution in [3.8, 4) is 6.07 Å². The fourth-order valence-corrected chi connectivity index (χ4v) is 1.49. The Labute approximate surface area is 110 Å². The van der Waals surface area contributed by atoms with Crippen molar-refractivity contribution in [2.75, 3.05) is 6.54 Å². The van der Waals surface area contributed by atoms with Gasteiger partial charge in [-0.2, -0.15) is 5.26 Å². The minimum absolute atomic E-state index is 0.159. The van der Waals surface area contributed by atoms with Gasteiger partial charge >= 0.3 is 0 Å². The highest BCUT2D eigenvalue weighted by Crippen LogP contribution is 2.17. The Hall–Kier alpha value is -2.06. The third kappa shape index (κ3) is 4.44. The molecule has 0 saturated heterocycles. The molecule has 18 heavy (non-hydrogen) atoms. The van der Waals surface area contributed by atoms with Gasteiger partial charge in [-0.25, -0.2) is 0 Å². The van der Waals surface area contributed by atoms with Gasteiger partial charge in [-0.1, -0.05) is 23.7 Å². The van der Waals surface area contributed by atoms with Gasteiger partial charge in [-0.15, -0.1) is 0 Å². The molecule has 5 nitrogen and oxygen atoms in total. The fourth-order valence-electron chi connectivity index (χ4n) is 1.29. The summed E-state index contributed by atoms with van der Waals surface area (Å²) in [6, 6.07) is 7.85. The molecule has 0 aliphatic heterocycles. The molecule has 0 fully saturated rings. The van der Waals surface area contributed by atoms with E-state index in [0.29, 0.717) is 10.6 Å². The molecule has 94 valence electrons. The second-order valence-electron chi connectivity index (χ2n) is 3.59. The summed E-state index contributed by atoms with van der Waals surface area (Å²) < 4.78 is 0. The first kappa shape index (κ1) is 14.0. The van der Waals surface area contributed by atoms with E-state index < -0.39 is 11.9 Å². The Morgan fingerprint density at radius 1 is 1.50 bits per heavy atom. The molecular weight excluding hydrogens is 254 g/mol. The van der Waals surface area contributed by atoms with Crippen LogP contribution in [-0.4, -0.2) is 18.4 Å². The number of amides is 2. The largest absolute Gasteiger partial charge is 0.347 e. The van der Waals surface area contributed by atoms with Crippen LogP contribution in [0.5, 0.6) is 0 Å². The summed E-state index contributed by atoms with van der Waals surface area (Å²) in [5.74, 6) is -0.738. The lowest BCUT2D eigenvalue weighted by molar-refractivity contribution is -0.125. The van der Waals surface area contributed by atoms with Crippen LogP contribution < -0.4 is 10.6 Å². The Bertz CT molecular complexity index is 496. The van der Waals surface area contributed by atoms with Crippen LogP contribution in [-0.2, 0) is 9.59 Å².